The molecule has 0 unspecified atom stereocenters. The second kappa shape index (κ2) is 9.71. The summed E-state index contributed by atoms with van der Waals surface area (Å²) in [5.41, 5.74) is 0. The Balaban J connectivity index is 3.41. The zero-order chi connectivity index (χ0) is 10.8. The summed E-state index contributed by atoms with van der Waals surface area (Å²) in [6.45, 7) is 8.28. The Labute approximate surface area is 92.3 Å². The highest BCUT2D eigenvalue weighted by Crippen LogP contribution is 1.98. The average molecular weight is 224 g/mol. The molecule has 86 valence electrons. The van der Waals surface area contributed by atoms with E-state index in [9.17, 15) is 0 Å². The maximum atomic E-state index is 5.70. The third kappa shape index (κ3) is 7.56. The molecule has 0 aliphatic rings. The molecule has 0 heterocycles. The molecule has 0 aromatic rings. The van der Waals surface area contributed by atoms with Crippen molar-refractivity contribution in [3.05, 3.63) is 0 Å². The highest BCUT2D eigenvalue weighted by Gasteiger charge is 2.07. The van der Waals surface area contributed by atoms with E-state index in [0.29, 0.717) is 25.1 Å². The molecule has 14 heavy (non-hydrogen) atoms. The van der Waals surface area contributed by atoms with Crippen molar-refractivity contribution in [2.45, 2.75) is 19.9 Å². The number of hydrogen-bond donors (Lipinski definition) is 0. The molecule has 0 radical (unpaired) electrons. The summed E-state index contributed by atoms with van der Waals surface area (Å²) in [6.07, 6.45) is 0. The Morgan fingerprint density at radius 2 is 1.86 bits per heavy atom. The predicted octanol–water partition coefficient (Wildman–Crippen LogP) is 1.60. The summed E-state index contributed by atoms with van der Waals surface area (Å²) in [5.74, 6) is 0.677. The van der Waals surface area contributed by atoms with Crippen molar-refractivity contribution in [2.75, 3.05) is 45.9 Å². The molecule has 0 fully saturated rings. The molecule has 0 bridgehead atoms. The second-order valence-corrected chi connectivity index (χ2v) is 3.80. The quantitative estimate of drug-likeness (QED) is 0.438. The van der Waals surface area contributed by atoms with E-state index in [1.165, 1.54) is 0 Å². The van der Waals surface area contributed by atoms with Crippen LogP contribution in [0.25, 0.3) is 0 Å². The Hall–Kier alpha value is 0.170. The van der Waals surface area contributed by atoms with Gasteiger partial charge in [-0.3, -0.25) is 4.90 Å². The van der Waals surface area contributed by atoms with Gasteiger partial charge < -0.3 is 9.47 Å². The first-order chi connectivity index (χ1) is 6.72. The topological polar surface area (TPSA) is 21.7 Å². The van der Waals surface area contributed by atoms with E-state index < -0.39 is 0 Å². The van der Waals surface area contributed by atoms with E-state index in [1.807, 2.05) is 0 Å². The van der Waals surface area contributed by atoms with E-state index in [2.05, 4.69) is 18.7 Å². The molecule has 0 aromatic heterocycles. The van der Waals surface area contributed by atoms with Crippen LogP contribution in [-0.4, -0.2) is 56.8 Å². The zero-order valence-electron chi connectivity index (χ0n) is 9.46. The largest absolute Gasteiger partial charge is 0.382 e. The van der Waals surface area contributed by atoms with Crippen LogP contribution in [0.4, 0.5) is 0 Å². The van der Waals surface area contributed by atoms with Gasteiger partial charge in [0, 0.05) is 32.1 Å². The van der Waals surface area contributed by atoms with Gasteiger partial charge >= 0.3 is 0 Å². The van der Waals surface area contributed by atoms with Gasteiger partial charge in [-0.25, -0.2) is 0 Å². The number of ether oxygens (including phenoxy) is 2. The van der Waals surface area contributed by atoms with Crippen LogP contribution in [0.2, 0.25) is 0 Å². The van der Waals surface area contributed by atoms with E-state index >= 15 is 0 Å². The SMILES string of the molecule is COCCOCCN(CCCl)C(C)C. The fourth-order valence-corrected chi connectivity index (χ4v) is 1.38. The lowest BCUT2D eigenvalue weighted by molar-refractivity contribution is 0.0534. The van der Waals surface area contributed by atoms with E-state index in [1.54, 1.807) is 7.11 Å². The van der Waals surface area contributed by atoms with Gasteiger partial charge in [-0.15, -0.1) is 11.6 Å². The minimum Gasteiger partial charge on any atom is -0.382 e. The summed E-state index contributed by atoms with van der Waals surface area (Å²) >= 11 is 5.70. The normalized spacial score (nSPS) is 11.6. The van der Waals surface area contributed by atoms with E-state index in [-0.39, 0.29) is 0 Å². The van der Waals surface area contributed by atoms with Crippen molar-refractivity contribution >= 4 is 11.6 Å². The van der Waals surface area contributed by atoms with E-state index in [0.717, 1.165) is 19.7 Å². The van der Waals surface area contributed by atoms with Crippen LogP contribution in [0.1, 0.15) is 13.8 Å². The van der Waals surface area contributed by atoms with Gasteiger partial charge in [0.1, 0.15) is 0 Å². The van der Waals surface area contributed by atoms with Crippen LogP contribution >= 0.6 is 11.6 Å². The van der Waals surface area contributed by atoms with Crippen molar-refractivity contribution in [1.82, 2.24) is 4.90 Å². The molecule has 0 aliphatic heterocycles. The van der Waals surface area contributed by atoms with Gasteiger partial charge in [-0.2, -0.15) is 0 Å². The monoisotopic (exact) mass is 223 g/mol. The van der Waals surface area contributed by atoms with Gasteiger partial charge in [-0.1, -0.05) is 0 Å². The molecule has 0 saturated carbocycles. The van der Waals surface area contributed by atoms with Crippen molar-refractivity contribution in [1.29, 1.82) is 0 Å². The molecule has 0 rings (SSSR count). The van der Waals surface area contributed by atoms with Crippen molar-refractivity contribution in [3.8, 4) is 0 Å². The molecule has 0 saturated heterocycles. The van der Waals surface area contributed by atoms with Crippen LogP contribution in [0.5, 0.6) is 0 Å². The third-order valence-corrected chi connectivity index (χ3v) is 2.23. The molecule has 0 atom stereocenters. The molecule has 0 aromatic carbocycles. The number of nitrogens with zero attached hydrogens (tertiary/aromatic N) is 1. The van der Waals surface area contributed by atoms with Crippen LogP contribution in [0, 0.1) is 0 Å². The number of alkyl halides is 1. The first-order valence-corrected chi connectivity index (χ1v) is 5.62. The molecule has 3 nitrogen and oxygen atoms in total. The first-order valence-electron chi connectivity index (χ1n) is 5.09. The van der Waals surface area contributed by atoms with Crippen LogP contribution in [-0.2, 0) is 9.47 Å². The molecular formula is C10H22ClNO2. The fraction of sp³-hybridized carbons (Fsp3) is 1.00. The van der Waals surface area contributed by atoms with Crippen LogP contribution in [0.3, 0.4) is 0 Å². The van der Waals surface area contributed by atoms with Gasteiger partial charge in [0.2, 0.25) is 0 Å². The summed E-state index contributed by atoms with van der Waals surface area (Å²) in [4.78, 5) is 2.31. The average Bonchev–Trinajstić information content (AvgIpc) is 2.15. The lowest BCUT2D eigenvalue weighted by Crippen LogP contribution is -2.35. The third-order valence-electron chi connectivity index (χ3n) is 2.06. The highest BCUT2D eigenvalue weighted by atomic mass is 35.5. The Kier molecular flexibility index (Phi) is 9.83. The van der Waals surface area contributed by atoms with Gasteiger partial charge in [0.15, 0.2) is 0 Å². The molecule has 0 aliphatic carbocycles. The fourth-order valence-electron chi connectivity index (χ4n) is 1.16. The lowest BCUT2D eigenvalue weighted by Gasteiger charge is -2.25. The van der Waals surface area contributed by atoms with Gasteiger partial charge in [0.25, 0.3) is 0 Å². The maximum Gasteiger partial charge on any atom is 0.0700 e. The number of rotatable bonds is 9. The highest BCUT2D eigenvalue weighted by molar-refractivity contribution is 6.18. The maximum absolute atomic E-state index is 5.70. The first kappa shape index (κ1) is 14.2. The van der Waals surface area contributed by atoms with Crippen LogP contribution < -0.4 is 0 Å². The van der Waals surface area contributed by atoms with Gasteiger partial charge in [0.05, 0.1) is 19.8 Å². The van der Waals surface area contributed by atoms with Crippen molar-refractivity contribution < 1.29 is 9.47 Å². The number of methoxy groups -OCH3 is 1. The predicted molar refractivity (Wildman–Crippen MR) is 60.1 cm³/mol. The summed E-state index contributed by atoms with van der Waals surface area (Å²) in [6, 6.07) is 0.528. The summed E-state index contributed by atoms with van der Waals surface area (Å²) in [5, 5.41) is 0. The molecular weight excluding hydrogens is 202 g/mol. The minimum absolute atomic E-state index is 0.528. The lowest BCUT2D eigenvalue weighted by atomic mass is 10.3. The van der Waals surface area contributed by atoms with Crippen molar-refractivity contribution in [2.24, 2.45) is 0 Å². The number of hydrogen-bond acceptors (Lipinski definition) is 3. The standard InChI is InChI=1S/C10H22ClNO2/c1-10(2)12(5-4-11)6-7-14-9-8-13-3/h10H,4-9H2,1-3H3. The van der Waals surface area contributed by atoms with E-state index in [4.69, 9.17) is 21.1 Å². The number of halogens is 1. The molecule has 0 amide bonds. The summed E-state index contributed by atoms with van der Waals surface area (Å²) in [7, 11) is 1.68. The second-order valence-electron chi connectivity index (χ2n) is 3.42. The van der Waals surface area contributed by atoms with Crippen molar-refractivity contribution in [3.63, 3.8) is 0 Å². The Morgan fingerprint density at radius 3 is 2.36 bits per heavy atom. The minimum atomic E-state index is 0.528. The summed E-state index contributed by atoms with van der Waals surface area (Å²) < 4.78 is 10.3. The Morgan fingerprint density at radius 1 is 1.14 bits per heavy atom. The smallest absolute Gasteiger partial charge is 0.0700 e. The molecule has 0 N–H and O–H groups in total. The van der Waals surface area contributed by atoms with Crippen LogP contribution in [0.15, 0.2) is 0 Å². The van der Waals surface area contributed by atoms with Gasteiger partial charge in [-0.05, 0) is 13.8 Å². The molecule has 4 heteroatoms. The Bertz CT molecular complexity index is 123. The molecule has 0 spiro atoms. The zero-order valence-corrected chi connectivity index (χ0v) is 10.2.